The van der Waals surface area contributed by atoms with Crippen molar-refractivity contribution in [3.8, 4) is 11.5 Å². The van der Waals surface area contributed by atoms with Gasteiger partial charge in [-0.25, -0.2) is 0 Å². The van der Waals surface area contributed by atoms with Crippen LogP contribution in [0.5, 0.6) is 11.5 Å². The third-order valence-electron chi connectivity index (χ3n) is 4.64. The molecule has 2 aliphatic rings. The quantitative estimate of drug-likeness (QED) is 0.479. The van der Waals surface area contributed by atoms with E-state index in [1.807, 2.05) is 4.90 Å². The van der Waals surface area contributed by atoms with Crippen molar-refractivity contribution in [1.82, 2.24) is 9.80 Å². The molecule has 140 valence electrons. The number of aliphatic hydroxyl groups excluding tert-OH is 1. The summed E-state index contributed by atoms with van der Waals surface area (Å²) in [6, 6.07) is 2.42. The van der Waals surface area contributed by atoms with Crippen LogP contribution in [0.15, 0.2) is 23.9 Å². The van der Waals surface area contributed by atoms with E-state index >= 15 is 0 Å². The number of carbonyl (C=O) groups is 2. The smallest absolute Gasteiger partial charge is 0.213 e. The van der Waals surface area contributed by atoms with E-state index in [-0.39, 0.29) is 34.9 Å². The highest BCUT2D eigenvalue weighted by atomic mass is 16.5. The Bertz CT molecular complexity index is 737. The van der Waals surface area contributed by atoms with Crippen LogP contribution in [0.2, 0.25) is 0 Å². The van der Waals surface area contributed by atoms with E-state index < -0.39 is 11.6 Å². The number of fused-ring (bicyclic) bond motifs is 1. The molecule has 1 heterocycles. The number of aromatic hydroxyl groups is 2. The first-order chi connectivity index (χ1) is 12.5. The normalized spacial score (nSPS) is 18.0. The van der Waals surface area contributed by atoms with Gasteiger partial charge in [0.05, 0.1) is 36.6 Å². The summed E-state index contributed by atoms with van der Waals surface area (Å²) in [5, 5.41) is 28.5. The highest BCUT2D eigenvalue weighted by molar-refractivity contribution is 6.26. The number of ether oxygens (including phenoxy) is 1. The molecule has 0 spiro atoms. The highest BCUT2D eigenvalue weighted by Crippen LogP contribution is 2.35. The van der Waals surface area contributed by atoms with Crippen molar-refractivity contribution in [2.45, 2.75) is 0 Å². The molecule has 8 heteroatoms. The van der Waals surface area contributed by atoms with Gasteiger partial charge in [0.2, 0.25) is 5.78 Å². The van der Waals surface area contributed by atoms with Gasteiger partial charge in [-0.05, 0) is 12.1 Å². The van der Waals surface area contributed by atoms with E-state index in [1.54, 1.807) is 0 Å². The molecule has 0 aromatic heterocycles. The molecular weight excluding hydrogens is 340 g/mol. The number of allylic oxidation sites excluding steroid dienone is 2. The predicted octanol–water partition coefficient (Wildman–Crippen LogP) is -0.0128. The summed E-state index contributed by atoms with van der Waals surface area (Å²) in [7, 11) is 0. The Morgan fingerprint density at radius 1 is 0.962 bits per heavy atom. The molecule has 0 bridgehead atoms. The predicted molar refractivity (Wildman–Crippen MR) is 92.4 cm³/mol. The van der Waals surface area contributed by atoms with Crippen molar-refractivity contribution in [3.05, 3.63) is 35.0 Å². The number of rotatable bonds is 6. The molecule has 1 fully saturated rings. The summed E-state index contributed by atoms with van der Waals surface area (Å²) in [6.07, 6.45) is 1.24. The van der Waals surface area contributed by atoms with Gasteiger partial charge in [0.25, 0.3) is 0 Å². The lowest BCUT2D eigenvalue weighted by Gasteiger charge is -2.37. The Labute approximate surface area is 150 Å². The molecule has 0 radical (unpaired) electrons. The average molecular weight is 362 g/mol. The van der Waals surface area contributed by atoms with Crippen LogP contribution in [0.4, 0.5) is 0 Å². The minimum atomic E-state index is -0.483. The molecule has 0 saturated carbocycles. The third-order valence-corrected chi connectivity index (χ3v) is 4.64. The fourth-order valence-electron chi connectivity index (χ4n) is 3.26. The zero-order chi connectivity index (χ0) is 18.7. The number of Topliss-reactive ketones (excluding diaryl/α,β-unsaturated/α-hetero) is 1. The first kappa shape index (κ1) is 18.4. The topological polar surface area (TPSA) is 111 Å². The first-order valence-electron chi connectivity index (χ1n) is 8.54. The number of carbonyl (C=O) groups excluding carboxylic acids is 2. The van der Waals surface area contributed by atoms with Crippen LogP contribution < -0.4 is 0 Å². The van der Waals surface area contributed by atoms with Gasteiger partial charge in [-0.15, -0.1) is 0 Å². The standard InChI is InChI=1S/C18H22N2O6/c21-8-10-26-9-7-19-3-5-20(6-4-19)12-11-15(24)16-13(22)1-2-14(23)17(16)18(12)25/h1-2,11,21-23H,3-10H2. The number of hydrogen-bond donors (Lipinski definition) is 3. The number of hydrogen-bond acceptors (Lipinski definition) is 8. The van der Waals surface area contributed by atoms with Crippen molar-refractivity contribution in [3.63, 3.8) is 0 Å². The maximum Gasteiger partial charge on any atom is 0.213 e. The van der Waals surface area contributed by atoms with E-state index in [9.17, 15) is 19.8 Å². The number of benzene rings is 1. The molecule has 1 aliphatic heterocycles. The molecule has 0 atom stereocenters. The summed E-state index contributed by atoms with van der Waals surface area (Å²) in [5.74, 6) is -1.55. The van der Waals surface area contributed by atoms with Crippen molar-refractivity contribution in [2.75, 3.05) is 52.5 Å². The van der Waals surface area contributed by atoms with E-state index in [1.165, 1.54) is 18.2 Å². The number of ketones is 2. The van der Waals surface area contributed by atoms with Crippen LogP contribution >= 0.6 is 0 Å². The molecule has 3 N–H and O–H groups in total. The molecular formula is C18H22N2O6. The summed E-state index contributed by atoms with van der Waals surface area (Å²) in [6.45, 7) is 4.14. The highest BCUT2D eigenvalue weighted by Gasteiger charge is 2.34. The third kappa shape index (κ3) is 3.57. The maximum absolute atomic E-state index is 12.8. The summed E-state index contributed by atoms with van der Waals surface area (Å²) in [5.41, 5.74) is -0.0228. The lowest BCUT2D eigenvalue weighted by molar-refractivity contribution is 0.0607. The van der Waals surface area contributed by atoms with Crippen LogP contribution in [-0.2, 0) is 4.74 Å². The van der Waals surface area contributed by atoms with Gasteiger partial charge in [0, 0.05) is 38.8 Å². The molecule has 1 aromatic carbocycles. The summed E-state index contributed by atoms with van der Waals surface area (Å²) >= 11 is 0. The molecule has 8 nitrogen and oxygen atoms in total. The molecule has 1 aliphatic carbocycles. The Morgan fingerprint density at radius 3 is 2.27 bits per heavy atom. The van der Waals surface area contributed by atoms with Crippen LogP contribution in [0, 0.1) is 0 Å². The minimum absolute atomic E-state index is 0.00193. The average Bonchev–Trinajstić information content (AvgIpc) is 2.64. The zero-order valence-corrected chi connectivity index (χ0v) is 14.3. The van der Waals surface area contributed by atoms with E-state index in [0.29, 0.717) is 39.4 Å². The molecule has 1 aromatic rings. The van der Waals surface area contributed by atoms with Gasteiger partial charge in [-0.2, -0.15) is 0 Å². The SMILES string of the molecule is O=C1C=C(N2CCN(CCOCCO)CC2)C(=O)c2c(O)ccc(O)c21. The van der Waals surface area contributed by atoms with Gasteiger partial charge in [-0.3, -0.25) is 14.5 Å². The monoisotopic (exact) mass is 362 g/mol. The van der Waals surface area contributed by atoms with E-state index in [0.717, 1.165) is 6.54 Å². The van der Waals surface area contributed by atoms with Gasteiger partial charge < -0.3 is 25.0 Å². The second-order valence-electron chi connectivity index (χ2n) is 6.24. The largest absolute Gasteiger partial charge is 0.507 e. The Kier molecular flexibility index (Phi) is 5.55. The molecule has 26 heavy (non-hydrogen) atoms. The number of aliphatic hydroxyl groups is 1. The number of phenols is 2. The van der Waals surface area contributed by atoms with Gasteiger partial charge >= 0.3 is 0 Å². The summed E-state index contributed by atoms with van der Waals surface area (Å²) < 4.78 is 5.26. The Hall–Kier alpha value is -2.42. The summed E-state index contributed by atoms with van der Waals surface area (Å²) in [4.78, 5) is 29.1. The van der Waals surface area contributed by atoms with Crippen LogP contribution in [0.25, 0.3) is 0 Å². The van der Waals surface area contributed by atoms with E-state index in [2.05, 4.69) is 4.90 Å². The Morgan fingerprint density at radius 2 is 1.62 bits per heavy atom. The zero-order valence-electron chi connectivity index (χ0n) is 14.3. The van der Waals surface area contributed by atoms with Gasteiger partial charge in [-0.1, -0.05) is 0 Å². The van der Waals surface area contributed by atoms with Crippen LogP contribution in [0.3, 0.4) is 0 Å². The fraction of sp³-hybridized carbons (Fsp3) is 0.444. The fourth-order valence-corrected chi connectivity index (χ4v) is 3.26. The van der Waals surface area contributed by atoms with E-state index in [4.69, 9.17) is 9.84 Å². The molecule has 1 saturated heterocycles. The lowest BCUT2D eigenvalue weighted by Crippen LogP contribution is -2.48. The van der Waals surface area contributed by atoms with Crippen molar-refractivity contribution < 1.29 is 29.6 Å². The molecule has 0 amide bonds. The van der Waals surface area contributed by atoms with Crippen molar-refractivity contribution in [2.24, 2.45) is 0 Å². The number of piperazine rings is 1. The van der Waals surface area contributed by atoms with Gasteiger partial charge in [0.15, 0.2) is 5.78 Å². The van der Waals surface area contributed by atoms with Crippen molar-refractivity contribution >= 4 is 11.6 Å². The number of phenolic OH excluding ortho intramolecular Hbond substituents is 2. The second kappa shape index (κ2) is 7.86. The van der Waals surface area contributed by atoms with Crippen LogP contribution in [0.1, 0.15) is 20.7 Å². The molecule has 3 rings (SSSR count). The maximum atomic E-state index is 12.8. The lowest BCUT2D eigenvalue weighted by atomic mass is 9.90. The van der Waals surface area contributed by atoms with Gasteiger partial charge in [0.1, 0.15) is 11.5 Å². The van der Waals surface area contributed by atoms with Crippen LogP contribution in [-0.4, -0.2) is 89.2 Å². The second-order valence-corrected chi connectivity index (χ2v) is 6.24. The molecule has 0 unspecified atom stereocenters. The minimum Gasteiger partial charge on any atom is -0.507 e. The van der Waals surface area contributed by atoms with Crippen molar-refractivity contribution in [1.29, 1.82) is 0 Å². The Balaban J connectivity index is 1.67. The first-order valence-corrected chi connectivity index (χ1v) is 8.54. The number of nitrogens with zero attached hydrogens (tertiary/aromatic N) is 2.